The van der Waals surface area contributed by atoms with E-state index in [4.69, 9.17) is 11.6 Å². The van der Waals surface area contributed by atoms with Gasteiger partial charge in [0.1, 0.15) is 5.02 Å². The van der Waals surface area contributed by atoms with Crippen molar-refractivity contribution in [3.05, 3.63) is 21.6 Å². The van der Waals surface area contributed by atoms with Crippen molar-refractivity contribution < 1.29 is 5.11 Å². The summed E-state index contributed by atoms with van der Waals surface area (Å²) >= 11 is 6.04. The molecule has 1 aromatic heterocycles. The molecule has 0 aliphatic heterocycles. The van der Waals surface area contributed by atoms with E-state index in [0.717, 1.165) is 25.7 Å². The lowest BCUT2D eigenvalue weighted by atomic mass is 10.2. The van der Waals surface area contributed by atoms with Gasteiger partial charge in [-0.2, -0.15) is 5.10 Å². The maximum absolute atomic E-state index is 12.0. The summed E-state index contributed by atoms with van der Waals surface area (Å²) in [6, 6.07) is 0. The Morgan fingerprint density at radius 3 is 3.00 bits per heavy atom. The lowest BCUT2D eigenvalue weighted by Gasteiger charge is -2.13. The molecule has 0 radical (unpaired) electrons. The van der Waals surface area contributed by atoms with E-state index in [2.05, 4.69) is 17.3 Å². The van der Waals surface area contributed by atoms with Gasteiger partial charge in [-0.3, -0.25) is 4.79 Å². The highest BCUT2D eigenvalue weighted by Crippen LogP contribution is 2.32. The molecule has 106 valence electrons. The maximum Gasteiger partial charge on any atom is 0.287 e. The van der Waals surface area contributed by atoms with Gasteiger partial charge in [-0.25, -0.2) is 4.68 Å². The number of anilines is 1. The predicted octanol–water partition coefficient (Wildman–Crippen LogP) is 1.88. The van der Waals surface area contributed by atoms with Crippen molar-refractivity contribution in [3.63, 3.8) is 0 Å². The van der Waals surface area contributed by atoms with Crippen LogP contribution >= 0.6 is 11.6 Å². The number of aliphatic hydroxyl groups is 1. The molecule has 1 atom stereocenters. The fraction of sp³-hybridized carbons (Fsp3) is 0.692. The number of aliphatic hydroxyl groups excluding tert-OH is 1. The number of unbranched alkanes of at least 4 members (excludes halogenated alkanes) is 1. The SMILES string of the molecule is CCCCn1ncc(NCC(O)C2CC2)c(Cl)c1=O. The lowest BCUT2D eigenvalue weighted by molar-refractivity contribution is 0.164. The summed E-state index contributed by atoms with van der Waals surface area (Å²) in [6.07, 6.45) is 5.23. The standard InChI is InChI=1S/C13H20ClN3O2/c1-2-3-6-17-13(19)12(14)10(7-16-17)15-8-11(18)9-4-5-9/h7,9,11,15,18H,2-6,8H2,1H3. The highest BCUT2D eigenvalue weighted by Gasteiger charge is 2.29. The first-order chi connectivity index (χ1) is 9.13. The van der Waals surface area contributed by atoms with Crippen molar-refractivity contribution in [1.82, 2.24) is 9.78 Å². The third-order valence-electron chi connectivity index (χ3n) is 3.38. The van der Waals surface area contributed by atoms with Gasteiger partial charge in [-0.1, -0.05) is 24.9 Å². The Hall–Kier alpha value is -1.07. The maximum atomic E-state index is 12.0. The summed E-state index contributed by atoms with van der Waals surface area (Å²) in [7, 11) is 0. The molecule has 1 saturated carbocycles. The molecule has 1 unspecified atom stereocenters. The second kappa shape index (κ2) is 6.39. The molecule has 1 aliphatic rings. The largest absolute Gasteiger partial charge is 0.391 e. The molecule has 0 spiro atoms. The zero-order chi connectivity index (χ0) is 13.8. The lowest BCUT2D eigenvalue weighted by Crippen LogP contribution is -2.26. The molecule has 5 nitrogen and oxygen atoms in total. The molecule has 1 heterocycles. The highest BCUT2D eigenvalue weighted by molar-refractivity contribution is 6.32. The monoisotopic (exact) mass is 285 g/mol. The number of hydrogen-bond acceptors (Lipinski definition) is 4. The Morgan fingerprint density at radius 2 is 2.37 bits per heavy atom. The topological polar surface area (TPSA) is 67.2 Å². The van der Waals surface area contributed by atoms with Gasteiger partial charge in [0.2, 0.25) is 0 Å². The first-order valence-corrected chi connectivity index (χ1v) is 7.18. The molecular weight excluding hydrogens is 266 g/mol. The van der Waals surface area contributed by atoms with Crippen LogP contribution in [0.5, 0.6) is 0 Å². The molecule has 0 aromatic carbocycles. The Labute approximate surface area is 117 Å². The van der Waals surface area contributed by atoms with E-state index in [-0.39, 0.29) is 16.7 Å². The van der Waals surface area contributed by atoms with Crippen LogP contribution in [0.25, 0.3) is 0 Å². The summed E-state index contributed by atoms with van der Waals surface area (Å²) in [6.45, 7) is 3.05. The first kappa shape index (κ1) is 14.3. The van der Waals surface area contributed by atoms with E-state index in [0.29, 0.717) is 24.7 Å². The number of aromatic nitrogens is 2. The van der Waals surface area contributed by atoms with Crippen LogP contribution in [0.4, 0.5) is 5.69 Å². The smallest absolute Gasteiger partial charge is 0.287 e. The van der Waals surface area contributed by atoms with E-state index in [1.165, 1.54) is 4.68 Å². The van der Waals surface area contributed by atoms with Gasteiger partial charge in [0.25, 0.3) is 5.56 Å². The summed E-state index contributed by atoms with van der Waals surface area (Å²) in [4.78, 5) is 12.0. The average Bonchev–Trinajstić information content (AvgIpc) is 3.23. The molecule has 0 bridgehead atoms. The molecule has 1 fully saturated rings. The second-order valence-corrected chi connectivity index (χ2v) is 5.42. The van der Waals surface area contributed by atoms with E-state index in [1.807, 2.05) is 0 Å². The Bertz CT molecular complexity index is 485. The Balaban J connectivity index is 2.00. The van der Waals surface area contributed by atoms with Crippen LogP contribution in [0.3, 0.4) is 0 Å². The van der Waals surface area contributed by atoms with Crippen LogP contribution in [0, 0.1) is 5.92 Å². The first-order valence-electron chi connectivity index (χ1n) is 6.81. The molecule has 1 aliphatic carbocycles. The van der Waals surface area contributed by atoms with Crippen molar-refractivity contribution in [2.24, 2.45) is 5.92 Å². The highest BCUT2D eigenvalue weighted by atomic mass is 35.5. The van der Waals surface area contributed by atoms with Gasteiger partial charge >= 0.3 is 0 Å². The number of rotatable bonds is 7. The summed E-state index contributed by atoms with van der Waals surface area (Å²) in [5.74, 6) is 0.393. The predicted molar refractivity (Wildman–Crippen MR) is 75.6 cm³/mol. The normalized spacial score (nSPS) is 16.4. The molecule has 0 saturated heterocycles. The van der Waals surface area contributed by atoms with Gasteiger partial charge < -0.3 is 10.4 Å². The molecule has 2 N–H and O–H groups in total. The second-order valence-electron chi connectivity index (χ2n) is 5.04. The van der Waals surface area contributed by atoms with Gasteiger partial charge in [0.05, 0.1) is 18.0 Å². The third kappa shape index (κ3) is 3.70. The molecular formula is C13H20ClN3O2. The molecule has 0 amide bonds. The fourth-order valence-corrected chi connectivity index (χ4v) is 2.13. The van der Waals surface area contributed by atoms with E-state index in [9.17, 15) is 9.90 Å². The Kier molecular flexibility index (Phi) is 4.82. The van der Waals surface area contributed by atoms with Gasteiger partial charge in [0, 0.05) is 13.1 Å². The van der Waals surface area contributed by atoms with Crippen molar-refractivity contribution in [1.29, 1.82) is 0 Å². The Morgan fingerprint density at radius 1 is 1.63 bits per heavy atom. The van der Waals surface area contributed by atoms with E-state index in [1.54, 1.807) is 6.20 Å². The minimum Gasteiger partial charge on any atom is -0.391 e. The fourth-order valence-electron chi connectivity index (χ4n) is 1.92. The van der Waals surface area contributed by atoms with Crippen LogP contribution in [-0.2, 0) is 6.54 Å². The molecule has 19 heavy (non-hydrogen) atoms. The molecule has 2 rings (SSSR count). The zero-order valence-corrected chi connectivity index (χ0v) is 11.9. The van der Waals surface area contributed by atoms with Crippen molar-refractivity contribution >= 4 is 17.3 Å². The number of aryl methyl sites for hydroxylation is 1. The quantitative estimate of drug-likeness (QED) is 0.803. The number of halogens is 1. The van der Waals surface area contributed by atoms with E-state index >= 15 is 0 Å². The van der Waals surface area contributed by atoms with Crippen molar-refractivity contribution in [2.45, 2.75) is 45.3 Å². The molecule has 1 aromatic rings. The third-order valence-corrected chi connectivity index (χ3v) is 3.74. The minimum absolute atomic E-state index is 0.147. The summed E-state index contributed by atoms with van der Waals surface area (Å²) in [5, 5.41) is 17.0. The van der Waals surface area contributed by atoms with Crippen LogP contribution < -0.4 is 10.9 Å². The van der Waals surface area contributed by atoms with E-state index < -0.39 is 0 Å². The number of hydrogen-bond donors (Lipinski definition) is 2. The van der Waals surface area contributed by atoms with Gasteiger partial charge in [-0.15, -0.1) is 0 Å². The molecule has 6 heteroatoms. The summed E-state index contributed by atoms with van der Waals surface area (Å²) in [5.41, 5.74) is 0.222. The minimum atomic E-state index is -0.376. The zero-order valence-electron chi connectivity index (χ0n) is 11.1. The summed E-state index contributed by atoms with van der Waals surface area (Å²) < 4.78 is 1.38. The van der Waals surface area contributed by atoms with Gasteiger partial charge in [-0.05, 0) is 25.2 Å². The number of nitrogens with zero attached hydrogens (tertiary/aromatic N) is 2. The van der Waals surface area contributed by atoms with Crippen LogP contribution in [0.1, 0.15) is 32.6 Å². The number of nitrogens with one attached hydrogen (secondary N) is 1. The van der Waals surface area contributed by atoms with Crippen LogP contribution in [0.15, 0.2) is 11.0 Å². The van der Waals surface area contributed by atoms with Crippen LogP contribution in [-0.4, -0.2) is 27.5 Å². The van der Waals surface area contributed by atoms with Crippen molar-refractivity contribution in [3.8, 4) is 0 Å². The van der Waals surface area contributed by atoms with Crippen molar-refractivity contribution in [2.75, 3.05) is 11.9 Å². The van der Waals surface area contributed by atoms with Crippen LogP contribution in [0.2, 0.25) is 5.02 Å². The van der Waals surface area contributed by atoms with Gasteiger partial charge in [0.15, 0.2) is 0 Å². The average molecular weight is 286 g/mol.